The number of fused-ring (bicyclic) bond motifs is 1. The predicted molar refractivity (Wildman–Crippen MR) is 80.2 cm³/mol. The van der Waals surface area contributed by atoms with E-state index in [-0.39, 0.29) is 6.10 Å². The molecule has 1 aliphatic heterocycles. The van der Waals surface area contributed by atoms with E-state index >= 15 is 0 Å². The van der Waals surface area contributed by atoms with Gasteiger partial charge in [0.05, 0.1) is 12.2 Å². The van der Waals surface area contributed by atoms with Crippen molar-refractivity contribution in [3.8, 4) is 22.9 Å². The van der Waals surface area contributed by atoms with Gasteiger partial charge in [-0.15, -0.1) is 0 Å². The van der Waals surface area contributed by atoms with E-state index in [1.165, 1.54) is 0 Å². The van der Waals surface area contributed by atoms with Gasteiger partial charge in [0.1, 0.15) is 23.4 Å². The van der Waals surface area contributed by atoms with Crippen LogP contribution < -0.4 is 20.7 Å². The van der Waals surface area contributed by atoms with E-state index in [9.17, 15) is 0 Å². The molecule has 0 bridgehead atoms. The van der Waals surface area contributed by atoms with Crippen molar-refractivity contribution in [2.45, 2.75) is 26.4 Å². The highest BCUT2D eigenvalue weighted by molar-refractivity contribution is 5.69. The molecule has 110 valence electrons. The molecule has 0 aliphatic carbocycles. The van der Waals surface area contributed by atoms with E-state index in [4.69, 9.17) is 15.3 Å². The predicted octanol–water partition coefficient (Wildman–Crippen LogP) is 2.15. The number of aromatic nitrogens is 2. The second kappa shape index (κ2) is 5.57. The minimum atomic E-state index is 0.183. The molecule has 6 heteroatoms. The Bertz CT molecular complexity index is 660. The summed E-state index contributed by atoms with van der Waals surface area (Å²) in [5.41, 5.74) is 4.49. The molecule has 3 N–H and O–H groups in total. The fraction of sp³-hybridized carbons (Fsp3) is 0.333. The average molecular weight is 286 g/mol. The third-order valence-electron chi connectivity index (χ3n) is 3.34. The van der Waals surface area contributed by atoms with Crippen LogP contribution in [-0.2, 0) is 6.42 Å². The lowest BCUT2D eigenvalue weighted by Crippen LogP contribution is -2.09. The van der Waals surface area contributed by atoms with Crippen molar-refractivity contribution in [2.24, 2.45) is 5.84 Å². The molecule has 2 aromatic rings. The molecule has 3 rings (SSSR count). The van der Waals surface area contributed by atoms with E-state index in [0.717, 1.165) is 29.0 Å². The van der Waals surface area contributed by atoms with Gasteiger partial charge in [0, 0.05) is 24.2 Å². The third kappa shape index (κ3) is 2.62. The zero-order chi connectivity index (χ0) is 14.8. The van der Waals surface area contributed by atoms with Crippen molar-refractivity contribution in [1.82, 2.24) is 9.97 Å². The van der Waals surface area contributed by atoms with Gasteiger partial charge in [-0.25, -0.2) is 15.8 Å². The summed E-state index contributed by atoms with van der Waals surface area (Å²) >= 11 is 0. The highest BCUT2D eigenvalue weighted by atomic mass is 16.5. The fourth-order valence-corrected chi connectivity index (χ4v) is 2.46. The van der Waals surface area contributed by atoms with Gasteiger partial charge in [-0.1, -0.05) is 0 Å². The monoisotopic (exact) mass is 286 g/mol. The molecule has 1 aromatic heterocycles. The summed E-state index contributed by atoms with van der Waals surface area (Å²) in [5.74, 6) is 8.15. The first-order chi connectivity index (χ1) is 10.2. The number of hydrogen-bond acceptors (Lipinski definition) is 6. The Morgan fingerprint density at radius 2 is 2.33 bits per heavy atom. The van der Waals surface area contributed by atoms with E-state index in [1.807, 2.05) is 19.1 Å². The number of nitrogens with one attached hydrogen (secondary N) is 1. The van der Waals surface area contributed by atoms with E-state index in [0.29, 0.717) is 18.2 Å². The number of ether oxygens (including phenoxy) is 2. The molecule has 0 amide bonds. The number of anilines is 1. The number of hydrazine groups is 1. The summed E-state index contributed by atoms with van der Waals surface area (Å²) < 4.78 is 11.5. The van der Waals surface area contributed by atoms with Crippen LogP contribution in [-0.4, -0.2) is 22.7 Å². The van der Waals surface area contributed by atoms with Crippen molar-refractivity contribution in [3.63, 3.8) is 0 Å². The summed E-state index contributed by atoms with van der Waals surface area (Å²) in [4.78, 5) is 8.67. The largest absolute Gasteiger partial charge is 0.493 e. The van der Waals surface area contributed by atoms with Crippen molar-refractivity contribution in [2.75, 3.05) is 12.0 Å². The Morgan fingerprint density at radius 3 is 3.10 bits per heavy atom. The first kappa shape index (κ1) is 13.6. The number of nitrogens with two attached hydrogens (primary N) is 1. The Morgan fingerprint density at radius 1 is 1.48 bits per heavy atom. The SMILES string of the molecule is CCOc1cc2c(cc1-c1nccc(NN)n1)OC(C)C2. The summed E-state index contributed by atoms with van der Waals surface area (Å²) in [7, 11) is 0. The molecule has 6 nitrogen and oxygen atoms in total. The van der Waals surface area contributed by atoms with Crippen LogP contribution in [0.15, 0.2) is 24.4 Å². The first-order valence-electron chi connectivity index (χ1n) is 6.97. The standard InChI is InChI=1S/C15H18N4O2/c1-3-20-13-7-10-6-9(2)21-12(10)8-11(13)15-17-5-4-14(18-15)19-16/h4-5,7-9H,3,6,16H2,1-2H3,(H,17,18,19). The van der Waals surface area contributed by atoms with Gasteiger partial charge in [0.15, 0.2) is 5.82 Å². The maximum absolute atomic E-state index is 5.81. The topological polar surface area (TPSA) is 82.3 Å². The Balaban J connectivity index is 2.09. The van der Waals surface area contributed by atoms with E-state index in [1.54, 1.807) is 12.3 Å². The molecule has 1 aliphatic rings. The first-order valence-corrected chi connectivity index (χ1v) is 6.97. The number of nitrogen functional groups attached to an aromatic ring is 1. The lowest BCUT2D eigenvalue weighted by atomic mass is 10.1. The van der Waals surface area contributed by atoms with Gasteiger partial charge in [-0.05, 0) is 26.0 Å². The summed E-state index contributed by atoms with van der Waals surface area (Å²) in [5, 5.41) is 0. The van der Waals surface area contributed by atoms with Crippen LogP contribution in [0.3, 0.4) is 0 Å². The fourth-order valence-electron chi connectivity index (χ4n) is 2.46. The minimum Gasteiger partial charge on any atom is -0.493 e. The van der Waals surface area contributed by atoms with Gasteiger partial charge in [0.25, 0.3) is 0 Å². The normalized spacial score (nSPS) is 16.2. The maximum Gasteiger partial charge on any atom is 0.165 e. The molecular formula is C15H18N4O2. The molecule has 0 fully saturated rings. The molecule has 1 aromatic carbocycles. The second-order valence-corrected chi connectivity index (χ2v) is 4.93. The van der Waals surface area contributed by atoms with E-state index < -0.39 is 0 Å². The van der Waals surface area contributed by atoms with Crippen LogP contribution in [0.4, 0.5) is 5.82 Å². The zero-order valence-electron chi connectivity index (χ0n) is 12.1. The van der Waals surface area contributed by atoms with Gasteiger partial charge in [-0.3, -0.25) is 0 Å². The van der Waals surface area contributed by atoms with E-state index in [2.05, 4.69) is 22.3 Å². The molecule has 1 atom stereocenters. The molecule has 0 saturated heterocycles. The molecule has 21 heavy (non-hydrogen) atoms. The molecule has 2 heterocycles. The van der Waals surface area contributed by atoms with Crippen LogP contribution >= 0.6 is 0 Å². The number of hydrogen-bond donors (Lipinski definition) is 2. The van der Waals surface area contributed by atoms with Crippen LogP contribution in [0, 0.1) is 0 Å². The lowest BCUT2D eigenvalue weighted by molar-refractivity contribution is 0.254. The Labute approximate surface area is 123 Å². The van der Waals surface area contributed by atoms with Gasteiger partial charge in [0.2, 0.25) is 0 Å². The van der Waals surface area contributed by atoms with Gasteiger partial charge < -0.3 is 14.9 Å². The third-order valence-corrected chi connectivity index (χ3v) is 3.34. The van der Waals surface area contributed by atoms with Crippen LogP contribution in [0.1, 0.15) is 19.4 Å². The Hall–Kier alpha value is -2.34. The Kier molecular flexibility index (Phi) is 3.62. The molecule has 0 radical (unpaired) electrons. The number of rotatable bonds is 4. The van der Waals surface area contributed by atoms with Crippen LogP contribution in [0.5, 0.6) is 11.5 Å². The second-order valence-electron chi connectivity index (χ2n) is 4.93. The van der Waals surface area contributed by atoms with Crippen molar-refractivity contribution in [3.05, 3.63) is 30.0 Å². The van der Waals surface area contributed by atoms with Crippen LogP contribution in [0.2, 0.25) is 0 Å². The average Bonchev–Trinajstić information content (AvgIpc) is 2.86. The van der Waals surface area contributed by atoms with Crippen molar-refractivity contribution < 1.29 is 9.47 Å². The molecule has 0 spiro atoms. The van der Waals surface area contributed by atoms with Gasteiger partial charge in [-0.2, -0.15) is 0 Å². The minimum absolute atomic E-state index is 0.183. The van der Waals surface area contributed by atoms with Crippen LogP contribution in [0.25, 0.3) is 11.4 Å². The summed E-state index contributed by atoms with van der Waals surface area (Å²) in [6.07, 6.45) is 2.73. The van der Waals surface area contributed by atoms with Crippen molar-refractivity contribution >= 4 is 5.82 Å². The highest BCUT2D eigenvalue weighted by Crippen LogP contribution is 2.39. The summed E-state index contributed by atoms with van der Waals surface area (Å²) in [6.45, 7) is 4.58. The molecule has 1 unspecified atom stereocenters. The van der Waals surface area contributed by atoms with Gasteiger partial charge >= 0.3 is 0 Å². The molecule has 0 saturated carbocycles. The quantitative estimate of drug-likeness (QED) is 0.662. The lowest BCUT2D eigenvalue weighted by Gasteiger charge is -2.12. The van der Waals surface area contributed by atoms with Crippen molar-refractivity contribution in [1.29, 1.82) is 0 Å². The summed E-state index contributed by atoms with van der Waals surface area (Å²) in [6, 6.07) is 5.67. The maximum atomic E-state index is 5.81. The number of nitrogens with zero attached hydrogens (tertiary/aromatic N) is 2. The molecular weight excluding hydrogens is 268 g/mol. The zero-order valence-corrected chi connectivity index (χ0v) is 12.1. The smallest absolute Gasteiger partial charge is 0.165 e. The number of benzene rings is 1. The highest BCUT2D eigenvalue weighted by Gasteiger charge is 2.23.